The van der Waals surface area contributed by atoms with E-state index in [2.05, 4.69) is 37.2 Å². The molecule has 0 spiro atoms. The number of ether oxygens (including phenoxy) is 1. The number of non-ortho nitro benzene ring substituents is 2. The van der Waals surface area contributed by atoms with E-state index in [1.54, 1.807) is 6.07 Å². The van der Waals surface area contributed by atoms with Gasteiger partial charge in [0.15, 0.2) is 5.76 Å². The summed E-state index contributed by atoms with van der Waals surface area (Å²) in [6, 6.07) is 11.1. The minimum Gasteiger partial charge on any atom is -0.486 e. The number of anilines is 1. The molecule has 1 amide bonds. The molecule has 1 N–H and O–H groups in total. The third-order valence-corrected chi connectivity index (χ3v) is 5.04. The van der Waals surface area contributed by atoms with Crippen molar-refractivity contribution in [2.45, 2.75) is 6.61 Å². The fourth-order valence-corrected chi connectivity index (χ4v) is 3.72. The lowest BCUT2D eigenvalue weighted by molar-refractivity contribution is -0.385. The predicted octanol–water partition coefficient (Wildman–Crippen LogP) is 5.45. The van der Waals surface area contributed by atoms with Crippen LogP contribution in [0.5, 0.6) is 5.75 Å². The van der Waals surface area contributed by atoms with Gasteiger partial charge in [0.2, 0.25) is 0 Å². The third-order valence-electron chi connectivity index (χ3n) is 3.79. The Balaban J connectivity index is 1.65. The molecule has 30 heavy (non-hydrogen) atoms. The Morgan fingerprint density at radius 3 is 2.13 bits per heavy atom. The molecule has 0 fully saturated rings. The van der Waals surface area contributed by atoms with Gasteiger partial charge >= 0.3 is 0 Å². The van der Waals surface area contributed by atoms with Crippen LogP contribution in [0, 0.1) is 20.2 Å². The van der Waals surface area contributed by atoms with Gasteiger partial charge in [-0.2, -0.15) is 0 Å². The Labute approximate surface area is 185 Å². The van der Waals surface area contributed by atoms with Crippen molar-refractivity contribution in [1.29, 1.82) is 0 Å². The lowest BCUT2D eigenvalue weighted by Gasteiger charge is -2.08. The molecule has 1 aromatic heterocycles. The van der Waals surface area contributed by atoms with Gasteiger partial charge in [0.25, 0.3) is 17.3 Å². The number of nitro groups is 2. The number of amides is 1. The monoisotopic (exact) mass is 539 g/mol. The minimum absolute atomic E-state index is 0.00875. The van der Waals surface area contributed by atoms with E-state index < -0.39 is 15.8 Å². The molecule has 0 aliphatic carbocycles. The Kier molecular flexibility index (Phi) is 6.47. The largest absolute Gasteiger partial charge is 0.486 e. The molecule has 0 bridgehead atoms. The van der Waals surface area contributed by atoms with Crippen molar-refractivity contribution in [3.8, 4) is 5.75 Å². The molecule has 0 aliphatic heterocycles. The number of nitrogens with one attached hydrogen (secondary N) is 1. The van der Waals surface area contributed by atoms with Gasteiger partial charge in [-0.25, -0.2) is 0 Å². The topological polar surface area (TPSA) is 138 Å². The van der Waals surface area contributed by atoms with E-state index in [-0.39, 0.29) is 23.7 Å². The third kappa shape index (κ3) is 5.02. The molecular formula is C18H11Br2N3O7. The van der Waals surface area contributed by atoms with Crippen LogP contribution in [0.15, 0.2) is 61.9 Å². The molecule has 0 unspecified atom stereocenters. The number of furan rings is 1. The highest BCUT2D eigenvalue weighted by Gasteiger charge is 2.18. The molecule has 10 nitrogen and oxygen atoms in total. The summed E-state index contributed by atoms with van der Waals surface area (Å²) in [7, 11) is 0. The highest BCUT2D eigenvalue weighted by molar-refractivity contribution is 9.11. The normalized spacial score (nSPS) is 10.5. The maximum atomic E-state index is 12.4. The summed E-state index contributed by atoms with van der Waals surface area (Å²) in [6.07, 6.45) is 0. The second kappa shape index (κ2) is 9.05. The number of nitrogens with zero attached hydrogens (tertiary/aromatic N) is 2. The molecule has 3 rings (SSSR count). The average Bonchev–Trinajstić information content (AvgIpc) is 3.18. The molecule has 0 radical (unpaired) electrons. The van der Waals surface area contributed by atoms with Crippen molar-refractivity contribution in [2.24, 2.45) is 0 Å². The molecule has 1 heterocycles. The maximum absolute atomic E-state index is 12.4. The van der Waals surface area contributed by atoms with Gasteiger partial charge in [-0.05, 0) is 56.1 Å². The van der Waals surface area contributed by atoms with E-state index in [0.29, 0.717) is 26.1 Å². The van der Waals surface area contributed by atoms with Crippen LogP contribution in [0.4, 0.5) is 17.1 Å². The fourth-order valence-electron chi connectivity index (χ4n) is 2.36. The van der Waals surface area contributed by atoms with Crippen molar-refractivity contribution < 1.29 is 23.8 Å². The van der Waals surface area contributed by atoms with Crippen molar-refractivity contribution >= 4 is 54.8 Å². The van der Waals surface area contributed by atoms with Crippen molar-refractivity contribution in [1.82, 2.24) is 0 Å². The molecule has 0 saturated heterocycles. The summed E-state index contributed by atoms with van der Waals surface area (Å²) in [5, 5.41) is 24.2. The average molecular weight is 541 g/mol. The number of carbonyl (C=O) groups excluding carboxylic acids is 1. The Hall–Kier alpha value is -3.25. The summed E-state index contributed by atoms with van der Waals surface area (Å²) >= 11 is 6.39. The number of benzene rings is 2. The predicted molar refractivity (Wildman–Crippen MR) is 113 cm³/mol. The number of rotatable bonds is 7. The highest BCUT2D eigenvalue weighted by atomic mass is 79.9. The maximum Gasteiger partial charge on any atom is 0.291 e. The first-order valence-electron chi connectivity index (χ1n) is 8.15. The van der Waals surface area contributed by atoms with Gasteiger partial charge in [0.1, 0.15) is 18.1 Å². The van der Waals surface area contributed by atoms with Crippen LogP contribution in [0.25, 0.3) is 0 Å². The lowest BCUT2D eigenvalue weighted by Crippen LogP contribution is -2.12. The van der Waals surface area contributed by atoms with Crippen LogP contribution in [-0.2, 0) is 6.61 Å². The van der Waals surface area contributed by atoms with Gasteiger partial charge in [-0.1, -0.05) is 0 Å². The number of halogens is 2. The summed E-state index contributed by atoms with van der Waals surface area (Å²) in [6.45, 7) is 0.00993. The van der Waals surface area contributed by atoms with E-state index >= 15 is 0 Å². The zero-order valence-corrected chi connectivity index (χ0v) is 18.0. The van der Waals surface area contributed by atoms with E-state index in [9.17, 15) is 25.0 Å². The van der Waals surface area contributed by atoms with Crippen LogP contribution in [0.3, 0.4) is 0 Å². The highest BCUT2D eigenvalue weighted by Crippen LogP contribution is 2.35. The molecule has 0 atom stereocenters. The molecule has 12 heteroatoms. The summed E-state index contributed by atoms with van der Waals surface area (Å²) in [5.74, 6) is 0.211. The Bertz CT molecular complexity index is 1110. The first-order valence-corrected chi connectivity index (χ1v) is 9.74. The quantitative estimate of drug-likeness (QED) is 0.310. The minimum atomic E-state index is -0.563. The van der Waals surface area contributed by atoms with Gasteiger partial charge in [0, 0.05) is 33.2 Å². The van der Waals surface area contributed by atoms with Gasteiger partial charge < -0.3 is 14.5 Å². The zero-order chi connectivity index (χ0) is 21.8. The smallest absolute Gasteiger partial charge is 0.291 e. The van der Waals surface area contributed by atoms with E-state index in [1.165, 1.54) is 42.5 Å². The number of nitro benzene ring substituents is 2. The Morgan fingerprint density at radius 1 is 0.967 bits per heavy atom. The first kappa shape index (κ1) is 21.5. The zero-order valence-electron chi connectivity index (χ0n) is 14.8. The lowest BCUT2D eigenvalue weighted by atomic mass is 10.2. The van der Waals surface area contributed by atoms with Crippen LogP contribution in [-0.4, -0.2) is 15.8 Å². The summed E-state index contributed by atoms with van der Waals surface area (Å²) in [4.78, 5) is 32.9. The van der Waals surface area contributed by atoms with Crippen LogP contribution >= 0.6 is 31.9 Å². The second-order valence-corrected chi connectivity index (χ2v) is 7.51. The van der Waals surface area contributed by atoms with E-state index in [1.807, 2.05) is 0 Å². The standard InChI is InChI=1S/C18H11Br2N3O7/c19-14-7-11(23(27)28)8-15(20)17(14)21-18(24)16-6-5-13(30-16)9-29-12-3-1-10(2-4-12)22(25)26/h1-8H,9H2,(H,21,24). The van der Waals surface area contributed by atoms with Gasteiger partial charge in [0.05, 0.1) is 15.5 Å². The van der Waals surface area contributed by atoms with Crippen LogP contribution < -0.4 is 10.1 Å². The molecule has 3 aromatic rings. The summed E-state index contributed by atoms with van der Waals surface area (Å²) in [5.41, 5.74) is 0.115. The van der Waals surface area contributed by atoms with E-state index in [0.717, 1.165) is 0 Å². The van der Waals surface area contributed by atoms with Gasteiger partial charge in [-0.15, -0.1) is 0 Å². The number of hydrogen-bond donors (Lipinski definition) is 1. The molecule has 0 aliphatic rings. The van der Waals surface area contributed by atoms with Crippen LogP contribution in [0.1, 0.15) is 16.3 Å². The first-order chi connectivity index (χ1) is 14.2. The molecule has 2 aromatic carbocycles. The van der Waals surface area contributed by atoms with Crippen molar-refractivity contribution in [3.05, 3.63) is 89.2 Å². The molecule has 0 saturated carbocycles. The fraction of sp³-hybridized carbons (Fsp3) is 0.0556. The number of hydrogen-bond acceptors (Lipinski definition) is 7. The SMILES string of the molecule is O=C(Nc1c(Br)cc([N+](=O)[O-])cc1Br)c1ccc(COc2ccc([N+](=O)[O-])cc2)o1. The second-order valence-electron chi connectivity index (χ2n) is 5.80. The van der Waals surface area contributed by atoms with E-state index in [4.69, 9.17) is 9.15 Å². The summed E-state index contributed by atoms with van der Waals surface area (Å²) < 4.78 is 11.6. The van der Waals surface area contributed by atoms with Crippen molar-refractivity contribution in [3.63, 3.8) is 0 Å². The van der Waals surface area contributed by atoms with Crippen molar-refractivity contribution in [2.75, 3.05) is 5.32 Å². The molecule has 154 valence electrons. The molecular weight excluding hydrogens is 530 g/mol. The van der Waals surface area contributed by atoms with Crippen LogP contribution in [0.2, 0.25) is 0 Å². The Morgan fingerprint density at radius 2 is 1.57 bits per heavy atom. The number of carbonyl (C=O) groups is 1. The van der Waals surface area contributed by atoms with Gasteiger partial charge in [-0.3, -0.25) is 25.0 Å².